The standard InChI is InChI=1S/C18H28N2O2.ClH/c1-14(16-5-4-6-17(12-16)22-3)11-18(21)20-9-7-15(8-10-20)13-19-2;/h4-6,12,14-15,19H,7-11,13H2,1-3H3;1H. The molecule has 2 rings (SSSR count). The number of likely N-dealkylation sites (tertiary alicyclic amines) is 1. The molecule has 0 bridgehead atoms. The van der Waals surface area contributed by atoms with Crippen molar-refractivity contribution in [1.29, 1.82) is 0 Å². The summed E-state index contributed by atoms with van der Waals surface area (Å²) in [4.78, 5) is 14.5. The first kappa shape index (κ1) is 19.8. The van der Waals surface area contributed by atoms with E-state index in [9.17, 15) is 4.79 Å². The lowest BCUT2D eigenvalue weighted by atomic mass is 9.94. The van der Waals surface area contributed by atoms with E-state index in [1.165, 1.54) is 0 Å². The van der Waals surface area contributed by atoms with E-state index in [4.69, 9.17) is 4.74 Å². The van der Waals surface area contributed by atoms with Crippen LogP contribution in [0, 0.1) is 5.92 Å². The summed E-state index contributed by atoms with van der Waals surface area (Å²) in [5.41, 5.74) is 1.16. The Morgan fingerprint density at radius 3 is 2.70 bits per heavy atom. The molecule has 1 fully saturated rings. The largest absolute Gasteiger partial charge is 0.497 e. The Kier molecular flexibility index (Phi) is 8.42. The highest BCUT2D eigenvalue weighted by molar-refractivity contribution is 5.85. The Hall–Kier alpha value is -1.26. The van der Waals surface area contributed by atoms with Gasteiger partial charge in [0, 0.05) is 19.5 Å². The molecule has 1 saturated heterocycles. The molecular formula is C18H29ClN2O2. The summed E-state index contributed by atoms with van der Waals surface area (Å²) in [6.07, 6.45) is 2.80. The number of benzene rings is 1. The number of carbonyl (C=O) groups is 1. The lowest BCUT2D eigenvalue weighted by Crippen LogP contribution is -2.40. The van der Waals surface area contributed by atoms with E-state index in [1.54, 1.807) is 7.11 Å². The summed E-state index contributed by atoms with van der Waals surface area (Å²) in [5, 5.41) is 3.23. The summed E-state index contributed by atoms with van der Waals surface area (Å²) in [6.45, 7) is 4.97. The predicted molar refractivity (Wildman–Crippen MR) is 96.5 cm³/mol. The normalized spacial score (nSPS) is 16.6. The number of nitrogens with one attached hydrogen (secondary N) is 1. The van der Waals surface area contributed by atoms with Crippen molar-refractivity contribution < 1.29 is 9.53 Å². The maximum Gasteiger partial charge on any atom is 0.223 e. The van der Waals surface area contributed by atoms with Gasteiger partial charge in [0.2, 0.25) is 5.91 Å². The van der Waals surface area contributed by atoms with Gasteiger partial charge in [0.25, 0.3) is 0 Å². The molecule has 1 unspecified atom stereocenters. The number of carbonyl (C=O) groups excluding carboxylic acids is 1. The van der Waals surface area contributed by atoms with Crippen LogP contribution in [0.15, 0.2) is 24.3 Å². The number of hydrogen-bond acceptors (Lipinski definition) is 3. The van der Waals surface area contributed by atoms with Gasteiger partial charge in [-0.05, 0) is 56.0 Å². The lowest BCUT2D eigenvalue weighted by Gasteiger charge is -2.32. The van der Waals surface area contributed by atoms with Gasteiger partial charge in [-0.15, -0.1) is 12.4 Å². The van der Waals surface area contributed by atoms with Crippen LogP contribution in [0.2, 0.25) is 0 Å². The Morgan fingerprint density at radius 2 is 2.09 bits per heavy atom. The third-order valence-electron chi connectivity index (χ3n) is 4.60. The molecule has 130 valence electrons. The van der Waals surface area contributed by atoms with Crippen LogP contribution in [0.5, 0.6) is 5.75 Å². The number of methoxy groups -OCH3 is 1. The van der Waals surface area contributed by atoms with Crippen molar-refractivity contribution in [3.63, 3.8) is 0 Å². The monoisotopic (exact) mass is 340 g/mol. The average Bonchev–Trinajstić information content (AvgIpc) is 2.55. The smallest absolute Gasteiger partial charge is 0.223 e. The van der Waals surface area contributed by atoms with Crippen LogP contribution in [0.1, 0.15) is 37.7 Å². The fourth-order valence-electron chi connectivity index (χ4n) is 3.13. The van der Waals surface area contributed by atoms with Gasteiger partial charge in [-0.3, -0.25) is 4.79 Å². The van der Waals surface area contributed by atoms with Crippen molar-refractivity contribution in [1.82, 2.24) is 10.2 Å². The van der Waals surface area contributed by atoms with Crippen LogP contribution in [-0.4, -0.2) is 44.6 Å². The van der Waals surface area contributed by atoms with Crippen LogP contribution < -0.4 is 10.1 Å². The second kappa shape index (κ2) is 9.78. The fraction of sp³-hybridized carbons (Fsp3) is 0.611. The van der Waals surface area contributed by atoms with Gasteiger partial charge in [-0.25, -0.2) is 0 Å². The van der Waals surface area contributed by atoms with E-state index in [1.807, 2.05) is 30.1 Å². The maximum atomic E-state index is 12.5. The van der Waals surface area contributed by atoms with Crippen molar-refractivity contribution >= 4 is 18.3 Å². The minimum atomic E-state index is 0. The Labute approximate surface area is 146 Å². The first-order valence-corrected chi connectivity index (χ1v) is 8.20. The fourth-order valence-corrected chi connectivity index (χ4v) is 3.13. The van der Waals surface area contributed by atoms with Crippen LogP contribution >= 0.6 is 12.4 Å². The van der Waals surface area contributed by atoms with E-state index in [0.717, 1.165) is 43.8 Å². The van der Waals surface area contributed by atoms with Gasteiger partial charge in [0.05, 0.1) is 7.11 Å². The minimum Gasteiger partial charge on any atom is -0.497 e. The number of hydrogen-bond donors (Lipinski definition) is 1. The Balaban J connectivity index is 0.00000264. The minimum absolute atomic E-state index is 0. The first-order chi connectivity index (χ1) is 10.6. The molecule has 23 heavy (non-hydrogen) atoms. The third-order valence-corrected chi connectivity index (χ3v) is 4.60. The molecule has 1 heterocycles. The SMILES string of the molecule is CNCC1CCN(C(=O)CC(C)c2cccc(OC)c2)CC1.Cl. The van der Waals surface area contributed by atoms with Crippen molar-refractivity contribution in [3.05, 3.63) is 29.8 Å². The van der Waals surface area contributed by atoms with Crippen molar-refractivity contribution in [2.45, 2.75) is 32.1 Å². The summed E-state index contributed by atoms with van der Waals surface area (Å²) in [5.74, 6) is 2.06. The molecule has 0 radical (unpaired) electrons. The number of nitrogens with zero attached hydrogens (tertiary/aromatic N) is 1. The molecule has 1 N–H and O–H groups in total. The molecular weight excluding hydrogens is 312 g/mol. The molecule has 0 aliphatic carbocycles. The summed E-state index contributed by atoms with van der Waals surface area (Å²) in [7, 11) is 3.66. The first-order valence-electron chi connectivity index (χ1n) is 8.20. The summed E-state index contributed by atoms with van der Waals surface area (Å²) < 4.78 is 5.26. The maximum absolute atomic E-state index is 12.5. The van der Waals surface area contributed by atoms with E-state index < -0.39 is 0 Å². The Bertz CT molecular complexity index is 488. The van der Waals surface area contributed by atoms with E-state index in [0.29, 0.717) is 12.3 Å². The number of halogens is 1. The molecule has 0 saturated carbocycles. The second-order valence-corrected chi connectivity index (χ2v) is 6.26. The molecule has 1 amide bonds. The zero-order valence-corrected chi connectivity index (χ0v) is 15.2. The third kappa shape index (κ3) is 5.70. The number of rotatable bonds is 6. The van der Waals surface area contributed by atoms with Crippen molar-refractivity contribution in [3.8, 4) is 5.75 Å². The predicted octanol–water partition coefficient (Wildman–Crippen LogP) is 3.07. The van der Waals surface area contributed by atoms with Crippen LogP contribution in [-0.2, 0) is 4.79 Å². The number of piperidine rings is 1. The van der Waals surface area contributed by atoms with Crippen LogP contribution in [0.4, 0.5) is 0 Å². The second-order valence-electron chi connectivity index (χ2n) is 6.26. The van der Waals surface area contributed by atoms with E-state index >= 15 is 0 Å². The highest BCUT2D eigenvalue weighted by atomic mass is 35.5. The number of amides is 1. The molecule has 0 spiro atoms. The summed E-state index contributed by atoms with van der Waals surface area (Å²) in [6, 6.07) is 8.01. The van der Waals surface area contributed by atoms with Gasteiger partial charge in [0.15, 0.2) is 0 Å². The molecule has 1 aliphatic heterocycles. The van der Waals surface area contributed by atoms with E-state index in [2.05, 4.69) is 18.3 Å². The van der Waals surface area contributed by atoms with Gasteiger partial charge in [-0.2, -0.15) is 0 Å². The van der Waals surface area contributed by atoms with Crippen molar-refractivity contribution in [2.75, 3.05) is 33.8 Å². The lowest BCUT2D eigenvalue weighted by molar-refractivity contribution is -0.132. The zero-order valence-electron chi connectivity index (χ0n) is 14.4. The molecule has 1 aromatic rings. The molecule has 4 nitrogen and oxygen atoms in total. The van der Waals surface area contributed by atoms with Crippen LogP contribution in [0.25, 0.3) is 0 Å². The quantitative estimate of drug-likeness (QED) is 0.865. The van der Waals surface area contributed by atoms with Gasteiger partial charge >= 0.3 is 0 Å². The number of ether oxygens (including phenoxy) is 1. The highest BCUT2D eigenvalue weighted by Crippen LogP contribution is 2.25. The average molecular weight is 341 g/mol. The van der Waals surface area contributed by atoms with Crippen molar-refractivity contribution in [2.24, 2.45) is 5.92 Å². The summed E-state index contributed by atoms with van der Waals surface area (Å²) >= 11 is 0. The molecule has 1 aromatic carbocycles. The molecule has 1 aliphatic rings. The molecule has 5 heteroatoms. The topological polar surface area (TPSA) is 41.6 Å². The Morgan fingerprint density at radius 1 is 1.39 bits per heavy atom. The highest BCUT2D eigenvalue weighted by Gasteiger charge is 2.23. The molecule has 1 atom stereocenters. The van der Waals surface area contributed by atoms with Gasteiger partial charge in [-0.1, -0.05) is 19.1 Å². The zero-order chi connectivity index (χ0) is 15.9. The van der Waals surface area contributed by atoms with Gasteiger partial charge < -0.3 is 15.0 Å². The van der Waals surface area contributed by atoms with Crippen LogP contribution in [0.3, 0.4) is 0 Å². The van der Waals surface area contributed by atoms with E-state index in [-0.39, 0.29) is 24.2 Å². The molecule has 0 aromatic heterocycles. The van der Waals surface area contributed by atoms with Gasteiger partial charge in [0.1, 0.15) is 5.75 Å².